The first-order valence-electron chi connectivity index (χ1n) is 5.54. The molecule has 0 saturated heterocycles. The van der Waals surface area contributed by atoms with E-state index in [-0.39, 0.29) is 0 Å². The van der Waals surface area contributed by atoms with Gasteiger partial charge in [0.25, 0.3) is 0 Å². The summed E-state index contributed by atoms with van der Waals surface area (Å²) in [4.78, 5) is 16.6. The van der Waals surface area contributed by atoms with E-state index in [1.165, 1.54) is 14.9 Å². The van der Waals surface area contributed by atoms with Gasteiger partial charge in [-0.1, -0.05) is 23.5 Å². The van der Waals surface area contributed by atoms with Gasteiger partial charge in [-0.2, -0.15) is 0 Å². The highest BCUT2D eigenvalue weighted by molar-refractivity contribution is 14.1. The van der Waals surface area contributed by atoms with Gasteiger partial charge in [0.15, 0.2) is 4.96 Å². The molecule has 19 heavy (non-hydrogen) atoms. The molecule has 3 rings (SSSR count). The molecule has 0 aliphatic heterocycles. The van der Waals surface area contributed by atoms with Crippen LogP contribution in [-0.4, -0.2) is 20.5 Å². The maximum atomic E-state index is 11.1. The molecule has 0 aliphatic carbocycles. The van der Waals surface area contributed by atoms with Crippen LogP contribution in [0, 0.1) is 10.5 Å². The van der Waals surface area contributed by atoms with Crippen LogP contribution < -0.4 is 0 Å². The molecule has 96 valence electrons. The Morgan fingerprint density at radius 1 is 1.37 bits per heavy atom. The van der Waals surface area contributed by atoms with Crippen LogP contribution in [0.2, 0.25) is 0 Å². The number of aryl methyl sites for hydroxylation is 1. The van der Waals surface area contributed by atoms with Crippen LogP contribution in [0.5, 0.6) is 0 Å². The number of hydrogen-bond donors (Lipinski definition) is 1. The summed E-state index contributed by atoms with van der Waals surface area (Å²) in [5, 5.41) is 9.07. The van der Waals surface area contributed by atoms with Gasteiger partial charge >= 0.3 is 5.97 Å². The van der Waals surface area contributed by atoms with Crippen molar-refractivity contribution in [3.8, 4) is 11.3 Å². The summed E-state index contributed by atoms with van der Waals surface area (Å²) in [6.07, 6.45) is 1.88. The van der Waals surface area contributed by atoms with Crippen molar-refractivity contribution >= 4 is 44.9 Å². The molecule has 3 aromatic rings. The molecule has 0 amide bonds. The minimum absolute atomic E-state index is 0.344. The van der Waals surface area contributed by atoms with Crippen LogP contribution in [0.1, 0.15) is 15.4 Å². The van der Waals surface area contributed by atoms with Crippen LogP contribution in [-0.2, 0) is 0 Å². The molecule has 0 saturated carbocycles. The zero-order valence-electron chi connectivity index (χ0n) is 9.92. The molecule has 1 aromatic carbocycles. The van der Waals surface area contributed by atoms with Gasteiger partial charge in [0, 0.05) is 21.0 Å². The van der Waals surface area contributed by atoms with Crippen molar-refractivity contribution in [1.82, 2.24) is 9.38 Å². The molecule has 2 aromatic heterocycles. The number of hydrogen-bond acceptors (Lipinski definition) is 3. The average molecular weight is 384 g/mol. The number of aromatic nitrogens is 2. The Bertz CT molecular complexity index is 774. The number of carbonyl (C=O) groups is 1. The normalized spacial score (nSPS) is 11.1. The van der Waals surface area contributed by atoms with Crippen molar-refractivity contribution in [3.05, 3.63) is 44.6 Å². The standard InChI is InChI=1S/C13H9IN2O2S/c1-7-11(12(17)18)19-13-15-10(6-16(7)13)8-2-4-9(14)5-3-8/h2-6H,1H3,(H,17,18). The molecule has 0 bridgehead atoms. The van der Waals surface area contributed by atoms with Gasteiger partial charge in [-0.15, -0.1) is 0 Å². The number of nitrogens with zero attached hydrogens (tertiary/aromatic N) is 2. The fraction of sp³-hybridized carbons (Fsp3) is 0.0769. The van der Waals surface area contributed by atoms with E-state index < -0.39 is 5.97 Å². The first kappa shape index (κ1) is 12.6. The first-order valence-corrected chi connectivity index (χ1v) is 7.43. The number of fused-ring (bicyclic) bond motifs is 1. The maximum Gasteiger partial charge on any atom is 0.347 e. The van der Waals surface area contributed by atoms with Crippen molar-refractivity contribution in [2.24, 2.45) is 0 Å². The zero-order valence-corrected chi connectivity index (χ0v) is 12.9. The van der Waals surface area contributed by atoms with Gasteiger partial charge in [-0.25, -0.2) is 9.78 Å². The number of carboxylic acids is 1. The van der Waals surface area contributed by atoms with Gasteiger partial charge in [0.2, 0.25) is 0 Å². The lowest BCUT2D eigenvalue weighted by molar-refractivity contribution is 0.0701. The summed E-state index contributed by atoms with van der Waals surface area (Å²) in [6, 6.07) is 8.08. The molecule has 4 nitrogen and oxygen atoms in total. The molecule has 2 heterocycles. The second kappa shape index (κ2) is 4.61. The van der Waals surface area contributed by atoms with Crippen LogP contribution >= 0.6 is 33.9 Å². The zero-order chi connectivity index (χ0) is 13.6. The van der Waals surface area contributed by atoms with Crippen molar-refractivity contribution in [2.45, 2.75) is 6.92 Å². The van der Waals surface area contributed by atoms with E-state index in [1.807, 2.05) is 34.9 Å². The molecular weight excluding hydrogens is 375 g/mol. The van der Waals surface area contributed by atoms with Crippen molar-refractivity contribution < 1.29 is 9.90 Å². The average Bonchev–Trinajstić information content (AvgIpc) is 2.90. The van der Waals surface area contributed by atoms with Gasteiger partial charge in [0.1, 0.15) is 4.88 Å². The second-order valence-electron chi connectivity index (χ2n) is 4.11. The van der Waals surface area contributed by atoms with Gasteiger partial charge in [0.05, 0.1) is 5.69 Å². The van der Waals surface area contributed by atoms with E-state index >= 15 is 0 Å². The van der Waals surface area contributed by atoms with Crippen LogP contribution in [0.4, 0.5) is 0 Å². The molecule has 0 atom stereocenters. The molecular formula is C13H9IN2O2S. The highest BCUT2D eigenvalue weighted by atomic mass is 127. The van der Waals surface area contributed by atoms with E-state index in [4.69, 9.17) is 5.11 Å². The monoisotopic (exact) mass is 384 g/mol. The highest BCUT2D eigenvalue weighted by Gasteiger charge is 2.16. The second-order valence-corrected chi connectivity index (χ2v) is 6.33. The number of imidazole rings is 1. The van der Waals surface area contributed by atoms with Gasteiger partial charge in [-0.05, 0) is 41.6 Å². The third kappa shape index (κ3) is 2.14. The van der Waals surface area contributed by atoms with Gasteiger partial charge in [-0.3, -0.25) is 4.40 Å². The number of benzene rings is 1. The smallest absolute Gasteiger partial charge is 0.347 e. The number of halogens is 1. The minimum atomic E-state index is -0.899. The maximum absolute atomic E-state index is 11.1. The Morgan fingerprint density at radius 2 is 2.05 bits per heavy atom. The molecule has 6 heteroatoms. The van der Waals surface area contributed by atoms with Crippen LogP contribution in [0.15, 0.2) is 30.5 Å². The van der Waals surface area contributed by atoms with E-state index in [1.54, 1.807) is 6.92 Å². The van der Waals surface area contributed by atoms with Gasteiger partial charge < -0.3 is 5.11 Å². The fourth-order valence-electron chi connectivity index (χ4n) is 1.91. The summed E-state index contributed by atoms with van der Waals surface area (Å²) < 4.78 is 3.01. The van der Waals surface area contributed by atoms with E-state index in [0.29, 0.717) is 9.84 Å². The molecule has 0 unspecified atom stereocenters. The summed E-state index contributed by atoms with van der Waals surface area (Å²) in [7, 11) is 0. The lowest BCUT2D eigenvalue weighted by Crippen LogP contribution is -1.96. The van der Waals surface area contributed by atoms with Crippen LogP contribution in [0.25, 0.3) is 16.2 Å². The van der Waals surface area contributed by atoms with E-state index in [2.05, 4.69) is 27.6 Å². The summed E-state index contributed by atoms with van der Waals surface area (Å²) in [5.74, 6) is -0.899. The van der Waals surface area contributed by atoms with Crippen molar-refractivity contribution in [3.63, 3.8) is 0 Å². The summed E-state index contributed by atoms with van der Waals surface area (Å²) in [6.45, 7) is 1.80. The highest BCUT2D eigenvalue weighted by Crippen LogP contribution is 2.27. The molecule has 0 radical (unpaired) electrons. The third-order valence-electron chi connectivity index (χ3n) is 2.89. The summed E-state index contributed by atoms with van der Waals surface area (Å²) >= 11 is 3.46. The van der Waals surface area contributed by atoms with E-state index in [9.17, 15) is 4.79 Å². The largest absolute Gasteiger partial charge is 0.477 e. The van der Waals surface area contributed by atoms with Crippen molar-refractivity contribution in [1.29, 1.82) is 0 Å². The SMILES string of the molecule is Cc1c(C(=O)O)sc2nc(-c3ccc(I)cc3)cn12. The quantitative estimate of drug-likeness (QED) is 0.686. The Hall–Kier alpha value is -1.41. The molecule has 1 N–H and O–H groups in total. The molecule has 0 spiro atoms. The fourth-order valence-corrected chi connectivity index (χ4v) is 3.22. The topological polar surface area (TPSA) is 54.6 Å². The minimum Gasteiger partial charge on any atom is -0.477 e. The lowest BCUT2D eigenvalue weighted by atomic mass is 10.2. The van der Waals surface area contributed by atoms with Crippen molar-refractivity contribution in [2.75, 3.05) is 0 Å². The summed E-state index contributed by atoms with van der Waals surface area (Å²) in [5.41, 5.74) is 2.62. The third-order valence-corrected chi connectivity index (χ3v) is 4.75. The number of carboxylic acid groups (broad SMARTS) is 1. The number of rotatable bonds is 2. The Kier molecular flexibility index (Phi) is 3.06. The Morgan fingerprint density at radius 3 is 2.63 bits per heavy atom. The Balaban J connectivity index is 2.13. The Labute approximate surface area is 126 Å². The first-order chi connectivity index (χ1) is 9.06. The lowest BCUT2D eigenvalue weighted by Gasteiger charge is -1.96. The number of thiazole rings is 1. The number of aromatic carboxylic acids is 1. The predicted molar refractivity (Wildman–Crippen MR) is 82.9 cm³/mol. The van der Waals surface area contributed by atoms with Crippen LogP contribution in [0.3, 0.4) is 0 Å². The molecule has 0 fully saturated rings. The van der Waals surface area contributed by atoms with E-state index in [0.717, 1.165) is 17.0 Å². The predicted octanol–water partition coefficient (Wildman–Crippen LogP) is 3.67. The molecule has 0 aliphatic rings.